The fraction of sp³-hybridized carbons (Fsp3) is 0.0667. The second kappa shape index (κ2) is 7.12. The van der Waals surface area contributed by atoms with Crippen molar-refractivity contribution < 1.29 is 9.59 Å². The van der Waals surface area contributed by atoms with Gasteiger partial charge < -0.3 is 5.32 Å². The van der Waals surface area contributed by atoms with E-state index in [1.165, 1.54) is 0 Å². The lowest BCUT2D eigenvalue weighted by Gasteiger charge is -2.06. The first-order chi connectivity index (χ1) is 9.66. The van der Waals surface area contributed by atoms with Gasteiger partial charge in [-0.3, -0.25) is 9.59 Å². The minimum Gasteiger partial charge on any atom is -0.324 e. The first-order valence-electron chi connectivity index (χ1n) is 5.93. The Hall–Kier alpha value is -1.78. The fourth-order valence-electron chi connectivity index (χ4n) is 1.54. The molecule has 1 amide bonds. The van der Waals surface area contributed by atoms with E-state index < -0.39 is 0 Å². The van der Waals surface area contributed by atoms with Crippen molar-refractivity contribution in [2.45, 2.75) is 0 Å². The van der Waals surface area contributed by atoms with Crippen LogP contribution < -0.4 is 5.32 Å². The highest BCUT2D eigenvalue weighted by Gasteiger charge is 2.10. The quantitative estimate of drug-likeness (QED) is 0.933. The topological polar surface area (TPSA) is 46.2 Å². The molecule has 102 valence electrons. The zero-order valence-corrected chi connectivity index (χ0v) is 12.1. The molecule has 0 bridgehead atoms. The summed E-state index contributed by atoms with van der Waals surface area (Å²) in [4.78, 5) is 23.6. The zero-order chi connectivity index (χ0) is 14.4. The maximum atomic E-state index is 11.8. The third kappa shape index (κ3) is 4.11. The molecule has 0 saturated carbocycles. The van der Waals surface area contributed by atoms with Gasteiger partial charge in [-0.15, -0.1) is 0 Å². The molecule has 0 unspecified atom stereocenters. The highest BCUT2D eigenvalue weighted by atomic mass is 35.5. The Balaban J connectivity index is 1.87. The summed E-state index contributed by atoms with van der Waals surface area (Å²) in [5, 5.41) is 3.02. The van der Waals surface area contributed by atoms with E-state index in [-0.39, 0.29) is 16.8 Å². The summed E-state index contributed by atoms with van der Waals surface area (Å²) in [6, 6.07) is 15.8. The van der Waals surface area contributed by atoms with Gasteiger partial charge in [-0.05, 0) is 12.1 Å². The Morgan fingerprint density at radius 3 is 2.35 bits per heavy atom. The van der Waals surface area contributed by atoms with Crippen molar-refractivity contribution in [3.05, 3.63) is 65.2 Å². The number of hydrogen-bond acceptors (Lipinski definition) is 3. The minimum atomic E-state index is -0.257. The number of para-hydroxylation sites is 1. The van der Waals surface area contributed by atoms with E-state index >= 15 is 0 Å². The van der Waals surface area contributed by atoms with Gasteiger partial charge in [0, 0.05) is 5.56 Å². The lowest BCUT2D eigenvalue weighted by atomic mass is 10.2. The highest BCUT2D eigenvalue weighted by Crippen LogP contribution is 2.21. The third-order valence-corrected chi connectivity index (χ3v) is 3.73. The normalized spacial score (nSPS) is 10.1. The summed E-state index contributed by atoms with van der Waals surface area (Å²) in [5.74, 6) is -0.203. The molecule has 0 aliphatic rings. The SMILES string of the molecule is O=C(CSC(=O)c1ccccc1)Nc1ccccc1Cl. The Morgan fingerprint density at radius 1 is 1.00 bits per heavy atom. The minimum absolute atomic E-state index is 0.0545. The van der Waals surface area contributed by atoms with Crippen LogP contribution in [0.3, 0.4) is 0 Å². The van der Waals surface area contributed by atoms with Crippen LogP contribution in [0.15, 0.2) is 54.6 Å². The van der Waals surface area contributed by atoms with Crippen molar-refractivity contribution in [3.8, 4) is 0 Å². The number of nitrogens with one attached hydrogen (secondary N) is 1. The summed E-state index contributed by atoms with van der Waals surface area (Å²) in [6.45, 7) is 0. The number of carbonyl (C=O) groups excluding carboxylic acids is 2. The second-order valence-electron chi connectivity index (χ2n) is 3.97. The number of benzene rings is 2. The van der Waals surface area contributed by atoms with E-state index in [0.29, 0.717) is 16.3 Å². The van der Waals surface area contributed by atoms with E-state index in [1.54, 1.807) is 48.5 Å². The number of amides is 1. The van der Waals surface area contributed by atoms with Gasteiger partial charge in [-0.1, -0.05) is 65.8 Å². The van der Waals surface area contributed by atoms with Crippen LogP contribution >= 0.6 is 23.4 Å². The van der Waals surface area contributed by atoms with Crippen LogP contribution in [0.4, 0.5) is 5.69 Å². The van der Waals surface area contributed by atoms with Gasteiger partial charge in [0.25, 0.3) is 0 Å². The number of hydrogen-bond donors (Lipinski definition) is 1. The van der Waals surface area contributed by atoms with E-state index in [0.717, 1.165) is 11.8 Å². The van der Waals surface area contributed by atoms with Crippen molar-refractivity contribution in [2.24, 2.45) is 0 Å². The second-order valence-corrected chi connectivity index (χ2v) is 5.33. The zero-order valence-electron chi connectivity index (χ0n) is 10.5. The molecule has 2 aromatic rings. The van der Waals surface area contributed by atoms with Crippen molar-refractivity contribution in [2.75, 3.05) is 11.1 Å². The molecule has 20 heavy (non-hydrogen) atoms. The molecule has 3 nitrogen and oxygen atoms in total. The van der Waals surface area contributed by atoms with Gasteiger partial charge >= 0.3 is 0 Å². The Bertz CT molecular complexity index is 616. The van der Waals surface area contributed by atoms with Gasteiger partial charge in [0.1, 0.15) is 0 Å². The molecule has 0 saturated heterocycles. The van der Waals surface area contributed by atoms with Gasteiger partial charge in [0.05, 0.1) is 16.5 Å². The summed E-state index contributed by atoms with van der Waals surface area (Å²) in [5.41, 5.74) is 1.13. The van der Waals surface area contributed by atoms with Crippen LogP contribution in [-0.4, -0.2) is 16.8 Å². The summed E-state index contributed by atoms with van der Waals surface area (Å²) < 4.78 is 0. The summed E-state index contributed by atoms with van der Waals surface area (Å²) in [6.07, 6.45) is 0. The Kier molecular flexibility index (Phi) is 5.21. The van der Waals surface area contributed by atoms with E-state index in [9.17, 15) is 9.59 Å². The molecule has 5 heteroatoms. The summed E-state index contributed by atoms with van der Waals surface area (Å²) in [7, 11) is 0. The largest absolute Gasteiger partial charge is 0.324 e. The van der Waals surface area contributed by atoms with Crippen molar-refractivity contribution in [3.63, 3.8) is 0 Å². The van der Waals surface area contributed by atoms with Gasteiger partial charge in [-0.25, -0.2) is 0 Å². The first-order valence-corrected chi connectivity index (χ1v) is 7.30. The molecule has 0 atom stereocenters. The van der Waals surface area contributed by atoms with Gasteiger partial charge in [0.2, 0.25) is 11.0 Å². The van der Waals surface area contributed by atoms with Crippen LogP contribution in [0.5, 0.6) is 0 Å². The molecule has 0 aliphatic carbocycles. The predicted molar refractivity (Wildman–Crippen MR) is 83.3 cm³/mol. The van der Waals surface area contributed by atoms with E-state index in [4.69, 9.17) is 11.6 Å². The number of rotatable bonds is 4. The first kappa shape index (κ1) is 14.6. The molecular weight excluding hydrogens is 294 g/mol. The maximum absolute atomic E-state index is 11.8. The summed E-state index contributed by atoms with van der Waals surface area (Å²) >= 11 is 6.91. The highest BCUT2D eigenvalue weighted by molar-refractivity contribution is 8.14. The average molecular weight is 306 g/mol. The average Bonchev–Trinajstić information content (AvgIpc) is 2.48. The number of halogens is 1. The molecule has 2 aromatic carbocycles. The van der Waals surface area contributed by atoms with Gasteiger partial charge in [0.15, 0.2) is 0 Å². The lowest BCUT2D eigenvalue weighted by molar-refractivity contribution is -0.113. The molecule has 0 fully saturated rings. The number of thioether (sulfide) groups is 1. The third-order valence-electron chi connectivity index (χ3n) is 2.49. The fourth-order valence-corrected chi connectivity index (χ4v) is 2.36. The molecule has 0 spiro atoms. The van der Waals surface area contributed by atoms with Crippen molar-refractivity contribution in [1.29, 1.82) is 0 Å². The van der Waals surface area contributed by atoms with E-state index in [1.807, 2.05) is 6.07 Å². The van der Waals surface area contributed by atoms with Crippen LogP contribution in [0, 0.1) is 0 Å². The van der Waals surface area contributed by atoms with Crippen molar-refractivity contribution in [1.82, 2.24) is 0 Å². The predicted octanol–water partition coefficient (Wildman–Crippen LogP) is 3.85. The Labute approximate surface area is 126 Å². The molecule has 0 aliphatic heterocycles. The van der Waals surface area contributed by atoms with Gasteiger partial charge in [-0.2, -0.15) is 0 Å². The Morgan fingerprint density at radius 2 is 1.65 bits per heavy atom. The standard InChI is InChI=1S/C15H12ClNO2S/c16-12-8-4-5-9-13(12)17-14(18)10-20-15(19)11-6-2-1-3-7-11/h1-9H,10H2,(H,17,18). The van der Waals surface area contributed by atoms with Crippen molar-refractivity contribution >= 4 is 40.1 Å². The molecule has 0 radical (unpaired) electrons. The van der Waals surface area contributed by atoms with Crippen LogP contribution in [-0.2, 0) is 4.79 Å². The number of anilines is 1. The smallest absolute Gasteiger partial charge is 0.234 e. The molecular formula is C15H12ClNO2S. The monoisotopic (exact) mass is 305 g/mol. The van der Waals surface area contributed by atoms with E-state index in [2.05, 4.69) is 5.32 Å². The van der Waals surface area contributed by atoms with Crippen LogP contribution in [0.25, 0.3) is 0 Å². The molecule has 0 heterocycles. The molecule has 0 aromatic heterocycles. The van der Waals surface area contributed by atoms with Crippen LogP contribution in [0.1, 0.15) is 10.4 Å². The maximum Gasteiger partial charge on any atom is 0.234 e. The number of carbonyl (C=O) groups is 2. The lowest BCUT2D eigenvalue weighted by Crippen LogP contribution is -2.15. The van der Waals surface area contributed by atoms with Crippen LogP contribution in [0.2, 0.25) is 5.02 Å². The molecule has 2 rings (SSSR count). The molecule has 1 N–H and O–H groups in total.